The molecule has 1 aliphatic rings. The normalized spacial score (nSPS) is 18.6. The third kappa shape index (κ3) is 1.78. The Morgan fingerprint density at radius 2 is 2.23 bits per heavy atom. The molecule has 1 saturated heterocycles. The Bertz CT molecular complexity index is 368. The lowest BCUT2D eigenvalue weighted by Crippen LogP contribution is -2.47. The van der Waals surface area contributed by atoms with E-state index < -0.39 is 0 Å². The van der Waals surface area contributed by atoms with Crippen LogP contribution in [0.3, 0.4) is 0 Å². The summed E-state index contributed by atoms with van der Waals surface area (Å²) in [5, 5.41) is 0. The topological polar surface area (TPSA) is 25.2 Å². The molecule has 2 heterocycles. The highest BCUT2D eigenvalue weighted by Gasteiger charge is 2.24. The molecule has 3 nitrogen and oxygen atoms in total. The molecule has 2 rings (SSSR count). The van der Waals surface area contributed by atoms with Gasteiger partial charge in [-0.3, -0.25) is 4.79 Å². The number of halogens is 1. The van der Waals surface area contributed by atoms with Gasteiger partial charge in [0.25, 0.3) is 5.56 Å². The summed E-state index contributed by atoms with van der Waals surface area (Å²) in [6.45, 7) is 1.97. The molecule has 70 valence electrons. The van der Waals surface area contributed by atoms with Gasteiger partial charge in [0.05, 0.1) is 6.04 Å². The average Bonchev–Trinajstić information content (AvgIpc) is 2.00. The van der Waals surface area contributed by atoms with Gasteiger partial charge in [-0.25, -0.2) is 0 Å². The number of pyridine rings is 1. The first-order valence-corrected chi connectivity index (χ1v) is 5.31. The predicted molar refractivity (Wildman–Crippen MR) is 60.0 cm³/mol. The van der Waals surface area contributed by atoms with Crippen molar-refractivity contribution in [3.05, 3.63) is 32.3 Å². The molecule has 1 aliphatic heterocycles. The zero-order chi connectivity index (χ0) is 9.42. The van der Waals surface area contributed by atoms with E-state index in [1.54, 1.807) is 6.07 Å². The van der Waals surface area contributed by atoms with Gasteiger partial charge >= 0.3 is 0 Å². The Labute approximate surface area is 90.5 Å². The molecule has 1 fully saturated rings. The predicted octanol–water partition coefficient (Wildman–Crippen LogP) is 0.939. The largest absolute Gasteiger partial charge is 0.310 e. The fourth-order valence-corrected chi connectivity index (χ4v) is 2.04. The van der Waals surface area contributed by atoms with E-state index in [9.17, 15) is 4.79 Å². The third-order valence-electron chi connectivity index (χ3n) is 2.35. The van der Waals surface area contributed by atoms with Crippen molar-refractivity contribution in [1.82, 2.24) is 9.47 Å². The van der Waals surface area contributed by atoms with Crippen LogP contribution in [0.2, 0.25) is 0 Å². The van der Waals surface area contributed by atoms with Gasteiger partial charge < -0.3 is 9.47 Å². The van der Waals surface area contributed by atoms with Crippen LogP contribution in [0.4, 0.5) is 0 Å². The average molecular weight is 290 g/mol. The number of likely N-dealkylation sites (tertiary alicyclic amines) is 1. The molecule has 0 spiro atoms. The molecule has 4 heteroatoms. The molecule has 0 amide bonds. The van der Waals surface area contributed by atoms with Gasteiger partial charge in [-0.2, -0.15) is 0 Å². The molecule has 0 atom stereocenters. The molecule has 0 radical (unpaired) electrons. The number of aromatic nitrogens is 1. The zero-order valence-electron chi connectivity index (χ0n) is 7.40. The van der Waals surface area contributed by atoms with E-state index in [4.69, 9.17) is 0 Å². The maximum atomic E-state index is 11.5. The maximum absolute atomic E-state index is 11.5. The Hall–Kier alpha value is -0.360. The van der Waals surface area contributed by atoms with Crippen LogP contribution in [0.5, 0.6) is 0 Å². The van der Waals surface area contributed by atoms with Crippen LogP contribution < -0.4 is 5.56 Å². The molecule has 0 saturated carbocycles. The second-order valence-electron chi connectivity index (χ2n) is 3.47. The standard InChI is InChI=1S/C9H11IN2O/c1-11-5-8(6-11)12-3-2-7(10)4-9(12)13/h2-4,8H,5-6H2,1H3. The molecule has 1 aromatic heterocycles. The van der Waals surface area contributed by atoms with Gasteiger partial charge in [0.2, 0.25) is 0 Å². The van der Waals surface area contributed by atoms with Crippen LogP contribution in [-0.4, -0.2) is 29.6 Å². The minimum atomic E-state index is 0.116. The van der Waals surface area contributed by atoms with Crippen molar-refractivity contribution in [2.45, 2.75) is 6.04 Å². The fourth-order valence-electron chi connectivity index (χ4n) is 1.61. The summed E-state index contributed by atoms with van der Waals surface area (Å²) in [4.78, 5) is 13.7. The van der Waals surface area contributed by atoms with Crippen LogP contribution in [0, 0.1) is 3.57 Å². The van der Waals surface area contributed by atoms with E-state index in [1.807, 2.05) is 16.8 Å². The second kappa shape index (κ2) is 3.42. The first-order valence-electron chi connectivity index (χ1n) is 4.23. The summed E-state index contributed by atoms with van der Waals surface area (Å²) in [7, 11) is 2.06. The van der Waals surface area contributed by atoms with Crippen molar-refractivity contribution in [2.24, 2.45) is 0 Å². The van der Waals surface area contributed by atoms with E-state index in [2.05, 4.69) is 34.5 Å². The lowest BCUT2D eigenvalue weighted by molar-refractivity contribution is 0.138. The van der Waals surface area contributed by atoms with Gasteiger partial charge in [-0.05, 0) is 35.7 Å². The molecule has 0 aromatic carbocycles. The number of hydrogen-bond donors (Lipinski definition) is 0. The number of hydrogen-bond acceptors (Lipinski definition) is 2. The van der Waals surface area contributed by atoms with E-state index in [0.717, 1.165) is 16.7 Å². The Morgan fingerprint density at radius 3 is 2.77 bits per heavy atom. The zero-order valence-corrected chi connectivity index (χ0v) is 9.56. The second-order valence-corrected chi connectivity index (χ2v) is 4.71. The lowest BCUT2D eigenvalue weighted by atomic mass is 10.1. The Kier molecular flexibility index (Phi) is 2.42. The molecule has 0 bridgehead atoms. The molecule has 0 unspecified atom stereocenters. The smallest absolute Gasteiger partial charge is 0.251 e. The minimum Gasteiger partial charge on any atom is -0.310 e. The molecule has 13 heavy (non-hydrogen) atoms. The van der Waals surface area contributed by atoms with Gasteiger partial charge in [0.1, 0.15) is 0 Å². The summed E-state index contributed by atoms with van der Waals surface area (Å²) in [5.41, 5.74) is 0.116. The van der Waals surface area contributed by atoms with E-state index in [0.29, 0.717) is 6.04 Å². The minimum absolute atomic E-state index is 0.116. The van der Waals surface area contributed by atoms with Crippen molar-refractivity contribution in [2.75, 3.05) is 20.1 Å². The van der Waals surface area contributed by atoms with E-state index in [-0.39, 0.29) is 5.56 Å². The first-order chi connectivity index (χ1) is 6.16. The first kappa shape index (κ1) is 9.21. The molecule has 0 N–H and O–H groups in total. The van der Waals surface area contributed by atoms with Crippen molar-refractivity contribution in [3.63, 3.8) is 0 Å². The third-order valence-corrected chi connectivity index (χ3v) is 3.02. The van der Waals surface area contributed by atoms with E-state index >= 15 is 0 Å². The SMILES string of the molecule is CN1CC(n2ccc(I)cc2=O)C1. The molecule has 1 aromatic rings. The van der Waals surface area contributed by atoms with Crippen LogP contribution in [0.15, 0.2) is 23.1 Å². The number of rotatable bonds is 1. The summed E-state index contributed by atoms with van der Waals surface area (Å²) in [6.07, 6.45) is 1.89. The quantitative estimate of drug-likeness (QED) is 0.719. The highest BCUT2D eigenvalue weighted by molar-refractivity contribution is 14.1. The molecule has 0 aliphatic carbocycles. The Morgan fingerprint density at radius 1 is 1.54 bits per heavy atom. The monoisotopic (exact) mass is 290 g/mol. The number of nitrogens with zero attached hydrogens (tertiary/aromatic N) is 2. The van der Waals surface area contributed by atoms with Crippen LogP contribution in [-0.2, 0) is 0 Å². The summed E-state index contributed by atoms with van der Waals surface area (Å²) in [5.74, 6) is 0. The molecular formula is C9H11IN2O. The summed E-state index contributed by atoms with van der Waals surface area (Å²) < 4.78 is 2.83. The lowest BCUT2D eigenvalue weighted by Gasteiger charge is -2.37. The summed E-state index contributed by atoms with van der Waals surface area (Å²) >= 11 is 2.16. The van der Waals surface area contributed by atoms with Crippen molar-refractivity contribution < 1.29 is 0 Å². The van der Waals surface area contributed by atoms with Crippen molar-refractivity contribution >= 4 is 22.6 Å². The Balaban J connectivity index is 2.27. The van der Waals surface area contributed by atoms with Gasteiger partial charge in [0, 0.05) is 28.9 Å². The van der Waals surface area contributed by atoms with Crippen molar-refractivity contribution in [1.29, 1.82) is 0 Å². The highest BCUT2D eigenvalue weighted by atomic mass is 127. The molecular weight excluding hydrogens is 279 g/mol. The van der Waals surface area contributed by atoms with Gasteiger partial charge in [-0.1, -0.05) is 0 Å². The maximum Gasteiger partial charge on any atom is 0.251 e. The summed E-state index contributed by atoms with van der Waals surface area (Å²) in [6, 6.07) is 4.04. The fraction of sp³-hybridized carbons (Fsp3) is 0.444. The van der Waals surface area contributed by atoms with Gasteiger partial charge in [-0.15, -0.1) is 0 Å². The van der Waals surface area contributed by atoms with Crippen LogP contribution >= 0.6 is 22.6 Å². The van der Waals surface area contributed by atoms with Crippen LogP contribution in [0.1, 0.15) is 6.04 Å². The number of likely N-dealkylation sites (N-methyl/N-ethyl adjacent to an activating group) is 1. The highest BCUT2D eigenvalue weighted by Crippen LogP contribution is 2.16. The van der Waals surface area contributed by atoms with Crippen molar-refractivity contribution in [3.8, 4) is 0 Å². The van der Waals surface area contributed by atoms with Gasteiger partial charge in [0.15, 0.2) is 0 Å². The van der Waals surface area contributed by atoms with E-state index in [1.165, 1.54) is 0 Å². The van der Waals surface area contributed by atoms with Crippen LogP contribution in [0.25, 0.3) is 0 Å².